The quantitative estimate of drug-likeness (QED) is 0.797. The maximum atomic E-state index is 11.8. The Bertz CT molecular complexity index is 541. The largest absolute Gasteiger partial charge is 0.352 e. The third-order valence-electron chi connectivity index (χ3n) is 2.27. The Labute approximate surface area is 113 Å². The number of amides is 1. The third-order valence-corrected chi connectivity index (χ3v) is 2.93. The molecular weight excluding hydrogens is 266 g/mol. The van der Waals surface area contributed by atoms with Crippen LogP contribution in [0.25, 0.3) is 0 Å². The highest BCUT2D eigenvalue weighted by Crippen LogP contribution is 2.03. The molecule has 1 aromatic heterocycles. The van der Waals surface area contributed by atoms with Crippen LogP contribution >= 0.6 is 0 Å². The van der Waals surface area contributed by atoms with Gasteiger partial charge in [0.15, 0.2) is 0 Å². The lowest BCUT2D eigenvalue weighted by molar-refractivity contribution is 0.0949. The van der Waals surface area contributed by atoms with Gasteiger partial charge in [-0.2, -0.15) is 0 Å². The summed E-state index contributed by atoms with van der Waals surface area (Å²) in [5.74, 6) is 0.189. The number of rotatable bonds is 6. The molecular formula is C12H19N3O3S. The highest BCUT2D eigenvalue weighted by Gasteiger charge is 2.08. The fourth-order valence-electron chi connectivity index (χ4n) is 1.32. The molecule has 0 aromatic carbocycles. The normalized spacial score (nSPS) is 11.6. The molecule has 0 bridgehead atoms. The second-order valence-corrected chi connectivity index (χ2v) is 6.57. The molecule has 1 heterocycles. The average molecular weight is 285 g/mol. The van der Waals surface area contributed by atoms with Crippen molar-refractivity contribution in [2.24, 2.45) is 5.92 Å². The van der Waals surface area contributed by atoms with Gasteiger partial charge in [0, 0.05) is 18.3 Å². The Hall–Kier alpha value is -1.47. The lowest BCUT2D eigenvalue weighted by atomic mass is 10.2. The number of aromatic nitrogens is 1. The van der Waals surface area contributed by atoms with Crippen LogP contribution in [0.3, 0.4) is 0 Å². The minimum Gasteiger partial charge on any atom is -0.352 e. The molecule has 0 spiro atoms. The summed E-state index contributed by atoms with van der Waals surface area (Å²) in [6, 6.07) is 3.17. The van der Waals surface area contributed by atoms with Crippen LogP contribution in [0.5, 0.6) is 0 Å². The molecule has 7 heteroatoms. The first kappa shape index (κ1) is 15.6. The molecule has 0 atom stereocenters. The third kappa shape index (κ3) is 6.30. The summed E-state index contributed by atoms with van der Waals surface area (Å²) in [5.41, 5.74) is 0.976. The van der Waals surface area contributed by atoms with Crippen LogP contribution in [-0.4, -0.2) is 32.1 Å². The molecule has 0 aliphatic carbocycles. The van der Waals surface area contributed by atoms with Crippen molar-refractivity contribution in [2.45, 2.75) is 20.4 Å². The Morgan fingerprint density at radius 2 is 2.11 bits per heavy atom. The summed E-state index contributed by atoms with van der Waals surface area (Å²) in [6.45, 7) is 4.69. The van der Waals surface area contributed by atoms with Gasteiger partial charge in [0.2, 0.25) is 10.0 Å². The van der Waals surface area contributed by atoms with Crippen LogP contribution in [0.1, 0.15) is 29.9 Å². The predicted octanol–water partition coefficient (Wildman–Crippen LogP) is 0.517. The number of carbonyl (C=O) groups is 1. The van der Waals surface area contributed by atoms with E-state index in [9.17, 15) is 13.2 Å². The van der Waals surface area contributed by atoms with Gasteiger partial charge in [0.05, 0.1) is 18.5 Å². The number of pyridine rings is 1. The SMILES string of the molecule is CC(C)CNC(=O)c1ccnc(CNS(C)(=O)=O)c1. The van der Waals surface area contributed by atoms with Crippen LogP contribution in [0.15, 0.2) is 18.3 Å². The molecule has 19 heavy (non-hydrogen) atoms. The van der Waals surface area contributed by atoms with E-state index < -0.39 is 10.0 Å². The van der Waals surface area contributed by atoms with E-state index in [1.165, 1.54) is 6.20 Å². The molecule has 1 aromatic rings. The molecule has 0 fully saturated rings. The summed E-state index contributed by atoms with van der Waals surface area (Å²) >= 11 is 0. The monoisotopic (exact) mass is 285 g/mol. The predicted molar refractivity (Wildman–Crippen MR) is 73.1 cm³/mol. The summed E-state index contributed by atoms with van der Waals surface area (Å²) in [6.07, 6.45) is 2.57. The van der Waals surface area contributed by atoms with Crippen molar-refractivity contribution in [1.29, 1.82) is 0 Å². The molecule has 0 radical (unpaired) electrons. The molecule has 0 aliphatic heterocycles. The zero-order chi connectivity index (χ0) is 14.5. The molecule has 0 aliphatic rings. The summed E-state index contributed by atoms with van der Waals surface area (Å²) in [4.78, 5) is 15.8. The van der Waals surface area contributed by atoms with Crippen molar-refractivity contribution in [3.05, 3.63) is 29.6 Å². The van der Waals surface area contributed by atoms with Gasteiger partial charge in [-0.1, -0.05) is 13.8 Å². The highest BCUT2D eigenvalue weighted by molar-refractivity contribution is 7.88. The van der Waals surface area contributed by atoms with Gasteiger partial charge >= 0.3 is 0 Å². The topological polar surface area (TPSA) is 88.2 Å². The van der Waals surface area contributed by atoms with E-state index >= 15 is 0 Å². The van der Waals surface area contributed by atoms with E-state index in [2.05, 4.69) is 15.0 Å². The first-order valence-corrected chi connectivity index (χ1v) is 7.85. The van der Waals surface area contributed by atoms with Gasteiger partial charge in [-0.15, -0.1) is 0 Å². The van der Waals surface area contributed by atoms with Gasteiger partial charge in [-0.3, -0.25) is 9.78 Å². The van der Waals surface area contributed by atoms with E-state index in [0.29, 0.717) is 23.7 Å². The maximum absolute atomic E-state index is 11.8. The number of hydrogen-bond acceptors (Lipinski definition) is 4. The van der Waals surface area contributed by atoms with Gasteiger partial charge in [0.1, 0.15) is 0 Å². The molecule has 0 saturated heterocycles. The van der Waals surface area contributed by atoms with Crippen molar-refractivity contribution < 1.29 is 13.2 Å². The van der Waals surface area contributed by atoms with E-state index in [4.69, 9.17) is 0 Å². The minimum absolute atomic E-state index is 0.0735. The van der Waals surface area contributed by atoms with Gasteiger partial charge in [-0.25, -0.2) is 13.1 Å². The van der Waals surface area contributed by atoms with Crippen molar-refractivity contribution in [1.82, 2.24) is 15.0 Å². The smallest absolute Gasteiger partial charge is 0.251 e. The Kier molecular flexibility index (Phi) is 5.44. The lowest BCUT2D eigenvalue weighted by Crippen LogP contribution is -2.27. The first-order chi connectivity index (χ1) is 8.78. The summed E-state index contributed by atoms with van der Waals surface area (Å²) in [7, 11) is -3.27. The Balaban J connectivity index is 2.68. The molecule has 2 N–H and O–H groups in total. The number of sulfonamides is 1. The Morgan fingerprint density at radius 1 is 1.42 bits per heavy atom. The van der Waals surface area contributed by atoms with Crippen LogP contribution in [0.4, 0.5) is 0 Å². The fourth-order valence-corrected chi connectivity index (χ4v) is 1.73. The number of nitrogens with zero attached hydrogens (tertiary/aromatic N) is 1. The van der Waals surface area contributed by atoms with Gasteiger partial charge in [0.25, 0.3) is 5.91 Å². The molecule has 6 nitrogen and oxygen atoms in total. The van der Waals surface area contributed by atoms with Gasteiger partial charge in [-0.05, 0) is 18.1 Å². The lowest BCUT2D eigenvalue weighted by Gasteiger charge is -2.08. The zero-order valence-corrected chi connectivity index (χ0v) is 12.1. The molecule has 1 rings (SSSR count). The molecule has 106 valence electrons. The van der Waals surface area contributed by atoms with Crippen molar-refractivity contribution >= 4 is 15.9 Å². The maximum Gasteiger partial charge on any atom is 0.251 e. The first-order valence-electron chi connectivity index (χ1n) is 5.95. The van der Waals surface area contributed by atoms with Crippen LogP contribution in [0.2, 0.25) is 0 Å². The van der Waals surface area contributed by atoms with Crippen LogP contribution < -0.4 is 10.0 Å². The van der Waals surface area contributed by atoms with Crippen LogP contribution in [-0.2, 0) is 16.6 Å². The number of nitrogens with one attached hydrogen (secondary N) is 2. The minimum atomic E-state index is -3.27. The Morgan fingerprint density at radius 3 is 2.68 bits per heavy atom. The van der Waals surface area contributed by atoms with E-state index in [-0.39, 0.29) is 12.5 Å². The van der Waals surface area contributed by atoms with Crippen molar-refractivity contribution in [2.75, 3.05) is 12.8 Å². The van der Waals surface area contributed by atoms with Crippen molar-refractivity contribution in [3.8, 4) is 0 Å². The zero-order valence-electron chi connectivity index (χ0n) is 11.3. The van der Waals surface area contributed by atoms with E-state index in [1.54, 1.807) is 12.1 Å². The standard InChI is InChI=1S/C12H19N3O3S/c1-9(2)7-14-12(16)10-4-5-13-11(6-10)8-15-19(3,17)18/h4-6,9,15H,7-8H2,1-3H3,(H,14,16). The van der Waals surface area contributed by atoms with Crippen LogP contribution in [0, 0.1) is 5.92 Å². The fraction of sp³-hybridized carbons (Fsp3) is 0.500. The molecule has 1 amide bonds. The highest BCUT2D eigenvalue weighted by atomic mass is 32.2. The van der Waals surface area contributed by atoms with E-state index in [0.717, 1.165) is 6.26 Å². The van der Waals surface area contributed by atoms with Crippen molar-refractivity contribution in [3.63, 3.8) is 0 Å². The second kappa shape index (κ2) is 6.63. The number of carbonyl (C=O) groups excluding carboxylic acids is 1. The number of hydrogen-bond donors (Lipinski definition) is 2. The summed E-state index contributed by atoms with van der Waals surface area (Å²) in [5, 5.41) is 2.79. The summed E-state index contributed by atoms with van der Waals surface area (Å²) < 4.78 is 24.3. The molecule has 0 unspecified atom stereocenters. The van der Waals surface area contributed by atoms with Gasteiger partial charge < -0.3 is 5.32 Å². The second-order valence-electron chi connectivity index (χ2n) is 4.73. The average Bonchev–Trinajstić information content (AvgIpc) is 2.33. The molecule has 0 saturated carbocycles. The van der Waals surface area contributed by atoms with E-state index in [1.807, 2.05) is 13.8 Å².